The molecule has 0 atom stereocenters. The first-order valence-electron chi connectivity index (χ1n) is 11.1. The maximum Gasteiger partial charge on any atom is 0.281 e. The van der Waals surface area contributed by atoms with Crippen LogP contribution in [0.2, 0.25) is 0 Å². The van der Waals surface area contributed by atoms with E-state index in [1.54, 1.807) is 6.20 Å². The molecule has 0 saturated carbocycles. The van der Waals surface area contributed by atoms with E-state index >= 15 is 0 Å². The maximum absolute atomic E-state index is 12.0. The van der Waals surface area contributed by atoms with Gasteiger partial charge in [0, 0.05) is 49.7 Å². The number of pyridine rings is 1. The van der Waals surface area contributed by atoms with E-state index in [9.17, 15) is 4.79 Å². The average molecular weight is 449 g/mol. The molecule has 7 nitrogen and oxygen atoms in total. The van der Waals surface area contributed by atoms with Crippen LogP contribution in [0.15, 0.2) is 47.0 Å². The van der Waals surface area contributed by atoms with Gasteiger partial charge in [0.25, 0.3) is 5.19 Å². The van der Waals surface area contributed by atoms with Gasteiger partial charge >= 0.3 is 0 Å². The van der Waals surface area contributed by atoms with Crippen LogP contribution in [0.5, 0.6) is 10.9 Å². The third kappa shape index (κ3) is 3.84. The van der Waals surface area contributed by atoms with Crippen LogP contribution >= 0.6 is 11.3 Å². The Morgan fingerprint density at radius 2 is 2.06 bits per heavy atom. The fraction of sp³-hybridized carbons (Fsp3) is 0.375. The lowest BCUT2D eigenvalue weighted by Crippen LogP contribution is -2.45. The van der Waals surface area contributed by atoms with E-state index in [-0.39, 0.29) is 0 Å². The zero-order valence-corrected chi connectivity index (χ0v) is 18.5. The molecule has 1 amide bonds. The molecule has 5 heterocycles. The number of hydrogen-bond donors (Lipinski definition) is 0. The number of aromatic nitrogens is 2. The standard InChI is InChI=1S/C24H24N4O3S/c29-22-4-2-10-28(22)17-7-11-27(12-8-17)15-19-13-16-5-6-18(14-20(16)30-19)31-24-26-23-21(32-24)3-1-9-25-23/h1,3,5-6,9,13-14,17H,2,4,7-8,10-12,15H2. The third-order valence-electron chi connectivity index (χ3n) is 6.38. The number of hydrogen-bond acceptors (Lipinski definition) is 7. The highest BCUT2D eigenvalue weighted by Crippen LogP contribution is 2.33. The van der Waals surface area contributed by atoms with Gasteiger partial charge < -0.3 is 14.1 Å². The minimum absolute atomic E-state index is 0.334. The van der Waals surface area contributed by atoms with Crippen LogP contribution in [-0.2, 0) is 11.3 Å². The zero-order valence-electron chi connectivity index (χ0n) is 17.7. The zero-order chi connectivity index (χ0) is 21.5. The van der Waals surface area contributed by atoms with Crippen molar-refractivity contribution in [3.05, 3.63) is 48.4 Å². The van der Waals surface area contributed by atoms with E-state index in [4.69, 9.17) is 9.15 Å². The Labute approximate surface area is 189 Å². The maximum atomic E-state index is 12.0. The molecule has 2 saturated heterocycles. The second kappa shape index (κ2) is 8.18. The summed E-state index contributed by atoms with van der Waals surface area (Å²) in [5.41, 5.74) is 1.51. The molecule has 1 aromatic carbocycles. The predicted octanol–water partition coefficient (Wildman–Crippen LogP) is 4.82. The Bertz CT molecular complexity index is 1240. The number of fused-ring (bicyclic) bond motifs is 2. The molecular weight excluding hydrogens is 424 g/mol. The molecule has 0 aliphatic carbocycles. The SMILES string of the molecule is O=C1CCCN1C1CCN(Cc2cc3ccc(Oc4nc5ncccc5s4)cc3o2)CC1. The highest BCUT2D eigenvalue weighted by molar-refractivity contribution is 7.20. The Hall–Kier alpha value is -2.97. The third-order valence-corrected chi connectivity index (χ3v) is 7.27. The fourth-order valence-electron chi connectivity index (χ4n) is 4.77. The lowest BCUT2D eigenvalue weighted by molar-refractivity contribution is -0.130. The van der Waals surface area contributed by atoms with E-state index in [1.165, 1.54) is 11.3 Å². The van der Waals surface area contributed by atoms with Crippen LogP contribution in [0.4, 0.5) is 0 Å². The number of likely N-dealkylation sites (tertiary alicyclic amines) is 2. The van der Waals surface area contributed by atoms with Crippen molar-refractivity contribution in [3.8, 4) is 10.9 Å². The molecule has 8 heteroatoms. The second-order valence-electron chi connectivity index (χ2n) is 8.52. The molecule has 32 heavy (non-hydrogen) atoms. The average Bonchev–Trinajstić information content (AvgIpc) is 3.51. The number of amides is 1. The van der Waals surface area contributed by atoms with Crippen molar-refractivity contribution < 1.29 is 13.9 Å². The molecule has 6 rings (SSSR count). The van der Waals surface area contributed by atoms with Crippen molar-refractivity contribution in [2.45, 2.75) is 38.3 Å². The molecule has 164 valence electrons. The number of benzene rings is 1. The first-order valence-corrected chi connectivity index (χ1v) is 12.0. The van der Waals surface area contributed by atoms with E-state index in [0.29, 0.717) is 28.5 Å². The minimum atomic E-state index is 0.334. The number of carbonyl (C=O) groups excluding carboxylic acids is 1. The smallest absolute Gasteiger partial charge is 0.281 e. The van der Waals surface area contributed by atoms with Crippen molar-refractivity contribution in [2.75, 3.05) is 19.6 Å². The van der Waals surface area contributed by atoms with Gasteiger partial charge in [0.2, 0.25) is 5.91 Å². The summed E-state index contributed by atoms with van der Waals surface area (Å²) in [6.45, 7) is 3.71. The van der Waals surface area contributed by atoms with Crippen molar-refractivity contribution in [1.29, 1.82) is 0 Å². The molecule has 2 aliphatic heterocycles. The van der Waals surface area contributed by atoms with Gasteiger partial charge in [0.05, 0.1) is 11.2 Å². The van der Waals surface area contributed by atoms with E-state index in [1.807, 2.05) is 30.3 Å². The molecule has 0 unspecified atom stereocenters. The molecule has 0 bridgehead atoms. The molecule has 2 fully saturated rings. The highest BCUT2D eigenvalue weighted by Gasteiger charge is 2.30. The monoisotopic (exact) mass is 448 g/mol. The van der Waals surface area contributed by atoms with Crippen LogP contribution in [0.1, 0.15) is 31.4 Å². The van der Waals surface area contributed by atoms with Gasteiger partial charge in [-0.25, -0.2) is 4.98 Å². The van der Waals surface area contributed by atoms with Crippen molar-refractivity contribution >= 4 is 38.6 Å². The first kappa shape index (κ1) is 19.7. The van der Waals surface area contributed by atoms with E-state index < -0.39 is 0 Å². The van der Waals surface area contributed by atoms with Gasteiger partial charge in [0.1, 0.15) is 17.1 Å². The summed E-state index contributed by atoms with van der Waals surface area (Å²) in [6.07, 6.45) is 5.55. The number of piperidine rings is 1. The van der Waals surface area contributed by atoms with Gasteiger partial charge in [-0.2, -0.15) is 4.98 Å². The molecule has 0 spiro atoms. The van der Waals surface area contributed by atoms with Crippen molar-refractivity contribution in [1.82, 2.24) is 19.8 Å². The number of carbonyl (C=O) groups is 1. The van der Waals surface area contributed by atoms with Gasteiger partial charge in [-0.05, 0) is 49.6 Å². The molecule has 4 aromatic rings. The Balaban J connectivity index is 1.11. The Morgan fingerprint density at radius 1 is 1.16 bits per heavy atom. The second-order valence-corrected chi connectivity index (χ2v) is 9.51. The fourth-order valence-corrected chi connectivity index (χ4v) is 5.56. The molecule has 0 N–H and O–H groups in total. The van der Waals surface area contributed by atoms with E-state index in [0.717, 1.165) is 73.3 Å². The van der Waals surface area contributed by atoms with Crippen LogP contribution in [0, 0.1) is 0 Å². The van der Waals surface area contributed by atoms with E-state index in [2.05, 4.69) is 25.8 Å². The summed E-state index contributed by atoms with van der Waals surface area (Å²) in [5, 5.41) is 1.64. The first-order chi connectivity index (χ1) is 15.7. The number of furan rings is 1. The number of thiazole rings is 1. The Morgan fingerprint density at radius 3 is 2.88 bits per heavy atom. The number of ether oxygens (including phenoxy) is 1. The number of rotatable bonds is 5. The van der Waals surface area contributed by atoms with Crippen molar-refractivity contribution in [2.24, 2.45) is 0 Å². The summed E-state index contributed by atoms with van der Waals surface area (Å²) in [6, 6.07) is 12.3. The largest absolute Gasteiger partial charge is 0.460 e. The normalized spacial score (nSPS) is 18.2. The summed E-state index contributed by atoms with van der Waals surface area (Å²) in [4.78, 5) is 25.2. The quantitative estimate of drug-likeness (QED) is 0.436. The van der Waals surface area contributed by atoms with Crippen LogP contribution in [-0.4, -0.2) is 51.4 Å². The van der Waals surface area contributed by atoms with Crippen LogP contribution in [0.25, 0.3) is 21.3 Å². The molecule has 3 aromatic heterocycles. The van der Waals surface area contributed by atoms with Crippen molar-refractivity contribution in [3.63, 3.8) is 0 Å². The number of nitrogens with zero attached hydrogens (tertiary/aromatic N) is 4. The lowest BCUT2D eigenvalue weighted by Gasteiger charge is -2.36. The summed E-state index contributed by atoms with van der Waals surface area (Å²) in [7, 11) is 0. The molecular formula is C24H24N4O3S. The predicted molar refractivity (Wildman–Crippen MR) is 123 cm³/mol. The highest BCUT2D eigenvalue weighted by atomic mass is 32.1. The minimum Gasteiger partial charge on any atom is -0.460 e. The van der Waals surface area contributed by atoms with Gasteiger partial charge in [-0.15, -0.1) is 0 Å². The van der Waals surface area contributed by atoms with Crippen LogP contribution in [0.3, 0.4) is 0 Å². The molecule has 2 aliphatic rings. The van der Waals surface area contributed by atoms with Gasteiger partial charge in [-0.3, -0.25) is 9.69 Å². The lowest BCUT2D eigenvalue weighted by atomic mass is 10.0. The van der Waals surface area contributed by atoms with Crippen LogP contribution < -0.4 is 4.74 Å². The van der Waals surface area contributed by atoms with Gasteiger partial charge in [0.15, 0.2) is 5.65 Å². The molecule has 0 radical (unpaired) electrons. The summed E-state index contributed by atoms with van der Waals surface area (Å²) < 4.78 is 13.1. The summed E-state index contributed by atoms with van der Waals surface area (Å²) >= 11 is 1.48. The van der Waals surface area contributed by atoms with Gasteiger partial charge in [-0.1, -0.05) is 11.3 Å². The topological polar surface area (TPSA) is 71.7 Å². The Kier molecular flexibility index (Phi) is 5.04. The summed E-state index contributed by atoms with van der Waals surface area (Å²) in [5.74, 6) is 1.99.